The van der Waals surface area contributed by atoms with Crippen molar-refractivity contribution in [3.8, 4) is 5.88 Å². The van der Waals surface area contributed by atoms with E-state index in [9.17, 15) is 23.6 Å². The summed E-state index contributed by atoms with van der Waals surface area (Å²) in [6.07, 6.45) is 0. The highest BCUT2D eigenvalue weighted by Crippen LogP contribution is 2.33. The quantitative estimate of drug-likeness (QED) is 0.179. The summed E-state index contributed by atoms with van der Waals surface area (Å²) in [6, 6.07) is 19.4. The molecule has 0 saturated carbocycles. The number of non-ortho nitro benzene ring substituents is 1. The van der Waals surface area contributed by atoms with Crippen LogP contribution in [-0.2, 0) is 10.0 Å². The first-order valence-corrected chi connectivity index (χ1v) is 12.5. The molecule has 1 aromatic heterocycles. The molecule has 0 saturated heterocycles. The number of H-pyrrole nitrogens is 1. The highest BCUT2D eigenvalue weighted by molar-refractivity contribution is 7.89. The fraction of sp³-hybridized carbons (Fsp3) is 0.160. The second kappa shape index (κ2) is 10.3. The molecule has 3 N–H and O–H groups in total. The summed E-state index contributed by atoms with van der Waals surface area (Å²) in [6.45, 7) is 0.841. The normalized spacial score (nSPS) is 12.4. The smallest absolute Gasteiger partial charge is 0.270 e. The molecule has 0 aliphatic heterocycles. The Labute approximate surface area is 208 Å². The zero-order chi connectivity index (χ0) is 25.9. The molecule has 1 heterocycles. The molecular formula is C25H25N5O5S. The van der Waals surface area contributed by atoms with Crippen LogP contribution in [0.4, 0.5) is 11.4 Å². The van der Waals surface area contributed by atoms with Crippen LogP contribution in [0.25, 0.3) is 10.9 Å². The van der Waals surface area contributed by atoms with Gasteiger partial charge in [-0.15, -0.1) is 0 Å². The minimum absolute atomic E-state index is 0.104. The number of hydrogen-bond acceptors (Lipinski definition) is 7. The van der Waals surface area contributed by atoms with Gasteiger partial charge in [-0.2, -0.15) is 0 Å². The van der Waals surface area contributed by atoms with E-state index in [0.717, 1.165) is 0 Å². The van der Waals surface area contributed by atoms with Gasteiger partial charge in [0.2, 0.25) is 10.0 Å². The Hall–Kier alpha value is -4.06. The topological polar surface area (TPSA) is 141 Å². The van der Waals surface area contributed by atoms with Crippen LogP contribution < -0.4 is 4.72 Å². The van der Waals surface area contributed by atoms with E-state index in [-0.39, 0.29) is 23.0 Å². The summed E-state index contributed by atoms with van der Waals surface area (Å²) in [4.78, 5) is 20.4. The lowest BCUT2D eigenvalue weighted by molar-refractivity contribution is -0.384. The van der Waals surface area contributed by atoms with Crippen molar-refractivity contribution in [1.29, 1.82) is 0 Å². The minimum atomic E-state index is -3.68. The van der Waals surface area contributed by atoms with Crippen LogP contribution in [0.15, 0.2) is 82.7 Å². The van der Waals surface area contributed by atoms with Gasteiger partial charge in [-0.25, -0.2) is 18.1 Å². The van der Waals surface area contributed by atoms with Gasteiger partial charge in [0.05, 0.1) is 26.8 Å². The Balaban J connectivity index is 1.78. The molecule has 0 spiro atoms. The number of aromatic hydroxyl groups is 1. The number of nitro groups is 1. The molecule has 0 aliphatic carbocycles. The number of rotatable bonds is 9. The summed E-state index contributed by atoms with van der Waals surface area (Å²) >= 11 is 0. The van der Waals surface area contributed by atoms with Gasteiger partial charge in [-0.3, -0.25) is 10.1 Å². The number of aromatic nitrogens is 1. The number of nitrogens with one attached hydrogen (secondary N) is 2. The molecule has 11 heteroatoms. The standard InChI is InChI=1S/C25H25N5O5S/c1-29(2)15-14-26-36(34,35)20-11-8-18(9-12-20)27-24(17-6-4-3-5-7-17)23-21-16-19(30(32)33)10-13-22(21)28-25(23)31/h3-13,16,26,28,31H,14-15H2,1-2H3. The fourth-order valence-electron chi connectivity index (χ4n) is 3.70. The van der Waals surface area contributed by atoms with Gasteiger partial charge in [-0.1, -0.05) is 30.3 Å². The summed E-state index contributed by atoms with van der Waals surface area (Å²) in [7, 11) is 0.0336. The van der Waals surface area contributed by atoms with Crippen molar-refractivity contribution in [3.63, 3.8) is 0 Å². The zero-order valence-corrected chi connectivity index (χ0v) is 20.5. The average Bonchev–Trinajstić information content (AvgIpc) is 3.17. The molecule has 36 heavy (non-hydrogen) atoms. The molecule has 3 aromatic carbocycles. The van der Waals surface area contributed by atoms with Crippen LogP contribution in [0, 0.1) is 10.1 Å². The minimum Gasteiger partial charge on any atom is -0.494 e. The lowest BCUT2D eigenvalue weighted by Crippen LogP contribution is -2.31. The maximum atomic E-state index is 12.6. The van der Waals surface area contributed by atoms with Crippen LogP contribution >= 0.6 is 0 Å². The second-order valence-electron chi connectivity index (χ2n) is 8.36. The number of nitrogens with zero attached hydrogens (tertiary/aromatic N) is 3. The molecule has 4 rings (SSSR count). The van der Waals surface area contributed by atoms with Gasteiger partial charge in [0, 0.05) is 41.7 Å². The molecule has 0 fully saturated rings. The van der Waals surface area contributed by atoms with Crippen LogP contribution in [0.2, 0.25) is 0 Å². The largest absolute Gasteiger partial charge is 0.494 e. The summed E-state index contributed by atoms with van der Waals surface area (Å²) in [5.74, 6) is -0.183. The Morgan fingerprint density at radius 2 is 1.78 bits per heavy atom. The molecular weight excluding hydrogens is 482 g/mol. The summed E-state index contributed by atoms with van der Waals surface area (Å²) in [5.41, 5.74) is 2.19. The molecule has 186 valence electrons. The highest BCUT2D eigenvalue weighted by Gasteiger charge is 2.21. The number of hydrogen-bond donors (Lipinski definition) is 3. The lowest BCUT2D eigenvalue weighted by atomic mass is 10.0. The monoisotopic (exact) mass is 507 g/mol. The van der Waals surface area contributed by atoms with Crippen LogP contribution in [-0.4, -0.2) is 61.2 Å². The maximum Gasteiger partial charge on any atom is 0.270 e. The molecule has 0 unspecified atom stereocenters. The highest BCUT2D eigenvalue weighted by atomic mass is 32.2. The van der Waals surface area contributed by atoms with Crippen molar-refractivity contribution in [2.24, 2.45) is 4.99 Å². The third-order valence-electron chi connectivity index (χ3n) is 5.50. The van der Waals surface area contributed by atoms with Gasteiger partial charge < -0.3 is 15.0 Å². The van der Waals surface area contributed by atoms with E-state index in [2.05, 4.69) is 9.71 Å². The lowest BCUT2D eigenvalue weighted by Gasteiger charge is -2.11. The van der Waals surface area contributed by atoms with E-state index in [0.29, 0.717) is 40.0 Å². The number of aliphatic imine (C=N–C) groups is 1. The number of fused-ring (bicyclic) bond motifs is 1. The summed E-state index contributed by atoms with van der Waals surface area (Å²) < 4.78 is 27.7. The van der Waals surface area contributed by atoms with E-state index in [1.54, 1.807) is 12.1 Å². The Morgan fingerprint density at radius 1 is 1.08 bits per heavy atom. The van der Waals surface area contributed by atoms with Crippen LogP contribution in [0.3, 0.4) is 0 Å². The first-order chi connectivity index (χ1) is 17.2. The van der Waals surface area contributed by atoms with Crippen LogP contribution in [0.5, 0.6) is 5.88 Å². The van der Waals surface area contributed by atoms with Crippen molar-refractivity contribution in [3.05, 3.63) is 94.0 Å². The predicted octanol–water partition coefficient (Wildman–Crippen LogP) is 3.79. The fourth-order valence-corrected chi connectivity index (χ4v) is 4.72. The van der Waals surface area contributed by atoms with E-state index in [4.69, 9.17) is 4.99 Å². The van der Waals surface area contributed by atoms with Crippen molar-refractivity contribution in [1.82, 2.24) is 14.6 Å². The number of aromatic amines is 1. The van der Waals surface area contributed by atoms with Gasteiger partial charge in [0.1, 0.15) is 0 Å². The van der Waals surface area contributed by atoms with Gasteiger partial charge in [0.25, 0.3) is 5.69 Å². The van der Waals surface area contributed by atoms with Crippen LogP contribution in [0.1, 0.15) is 11.1 Å². The molecule has 0 aliphatic rings. The second-order valence-corrected chi connectivity index (χ2v) is 10.1. The van der Waals surface area contributed by atoms with E-state index in [1.807, 2.05) is 49.3 Å². The first-order valence-electron chi connectivity index (χ1n) is 11.0. The first kappa shape index (κ1) is 25.0. The Morgan fingerprint density at radius 3 is 2.42 bits per heavy atom. The zero-order valence-electron chi connectivity index (χ0n) is 19.7. The van der Waals surface area contributed by atoms with Crippen molar-refractivity contribution in [2.45, 2.75) is 4.90 Å². The molecule has 0 radical (unpaired) electrons. The summed E-state index contributed by atoms with van der Waals surface area (Å²) in [5, 5.41) is 22.5. The van der Waals surface area contributed by atoms with Gasteiger partial charge in [0.15, 0.2) is 5.88 Å². The number of benzene rings is 3. The van der Waals surface area contributed by atoms with E-state index < -0.39 is 14.9 Å². The number of likely N-dealkylation sites (N-methyl/N-ethyl adjacent to an activating group) is 1. The maximum absolute atomic E-state index is 12.6. The van der Waals surface area contributed by atoms with E-state index in [1.165, 1.54) is 30.3 Å². The number of nitro benzene ring substituents is 1. The molecule has 4 aromatic rings. The van der Waals surface area contributed by atoms with Gasteiger partial charge in [-0.05, 0) is 44.4 Å². The molecule has 0 bridgehead atoms. The predicted molar refractivity (Wildman–Crippen MR) is 139 cm³/mol. The molecule has 0 atom stereocenters. The van der Waals surface area contributed by atoms with E-state index >= 15 is 0 Å². The third-order valence-corrected chi connectivity index (χ3v) is 6.97. The average molecular weight is 508 g/mol. The Bertz CT molecular complexity index is 1530. The Kier molecular flexibility index (Phi) is 7.15. The molecule has 10 nitrogen and oxygen atoms in total. The molecule has 0 amide bonds. The number of sulfonamides is 1. The third kappa shape index (κ3) is 5.43. The van der Waals surface area contributed by atoms with Gasteiger partial charge >= 0.3 is 0 Å². The van der Waals surface area contributed by atoms with Crippen molar-refractivity contribution >= 4 is 38.0 Å². The van der Waals surface area contributed by atoms with Crippen molar-refractivity contribution < 1.29 is 18.4 Å². The van der Waals surface area contributed by atoms with Crippen molar-refractivity contribution in [2.75, 3.05) is 27.2 Å². The SMILES string of the molecule is CN(C)CCNS(=O)(=O)c1ccc(N=C(c2ccccc2)c2c(O)[nH]c3ccc([N+](=O)[O-])cc23)cc1.